The molecule has 2 aliphatic rings. The van der Waals surface area contributed by atoms with Gasteiger partial charge in [-0.15, -0.1) is 0 Å². The van der Waals surface area contributed by atoms with E-state index in [1.807, 2.05) is 24.4 Å². The Morgan fingerprint density at radius 1 is 1.03 bits per heavy atom. The Hall–Kier alpha value is -2.99. The lowest BCUT2D eigenvalue weighted by Gasteiger charge is -2.36. The zero-order valence-corrected chi connectivity index (χ0v) is 19.8. The number of amides is 1. The van der Waals surface area contributed by atoms with E-state index in [1.165, 1.54) is 19.3 Å². The number of rotatable bonds is 6. The number of benzene rings is 2. The van der Waals surface area contributed by atoms with Gasteiger partial charge in [-0.25, -0.2) is 9.97 Å². The number of hydrogen-bond acceptors (Lipinski definition) is 5. The van der Waals surface area contributed by atoms with Crippen molar-refractivity contribution in [2.75, 3.05) is 19.4 Å². The first kappa shape index (κ1) is 21.8. The SMILES string of the molecule is Cc1ccc(C(=O)NC2CC2)cc1-c1ccc2nc(N[C@H]3CCCC[C@@H]3N(C)C)ncc2c1. The summed E-state index contributed by atoms with van der Waals surface area (Å²) < 4.78 is 0. The second-order valence-corrected chi connectivity index (χ2v) is 9.81. The summed E-state index contributed by atoms with van der Waals surface area (Å²) in [5, 5.41) is 7.67. The fraction of sp³-hybridized carbons (Fsp3) is 0.444. The van der Waals surface area contributed by atoms with Gasteiger partial charge in [0, 0.05) is 35.3 Å². The lowest BCUT2D eigenvalue weighted by atomic mass is 9.89. The van der Waals surface area contributed by atoms with Crippen LogP contribution in [0.2, 0.25) is 0 Å². The van der Waals surface area contributed by atoms with Gasteiger partial charge in [-0.3, -0.25) is 4.79 Å². The normalized spacial score (nSPS) is 20.7. The average Bonchev–Trinajstić information content (AvgIpc) is 3.63. The van der Waals surface area contributed by atoms with Crippen LogP contribution in [0, 0.1) is 6.92 Å². The summed E-state index contributed by atoms with van der Waals surface area (Å²) in [5.41, 5.74) is 4.92. The van der Waals surface area contributed by atoms with Crippen LogP contribution in [-0.2, 0) is 0 Å². The molecule has 2 N–H and O–H groups in total. The monoisotopic (exact) mass is 443 g/mol. The first-order valence-corrected chi connectivity index (χ1v) is 12.1. The third-order valence-electron chi connectivity index (χ3n) is 7.01. The van der Waals surface area contributed by atoms with Crippen molar-refractivity contribution >= 4 is 22.8 Å². The van der Waals surface area contributed by atoms with E-state index in [9.17, 15) is 4.79 Å². The van der Waals surface area contributed by atoms with E-state index in [0.29, 0.717) is 29.6 Å². The molecule has 6 heteroatoms. The number of carbonyl (C=O) groups is 1. The van der Waals surface area contributed by atoms with Crippen LogP contribution in [0.4, 0.5) is 5.95 Å². The van der Waals surface area contributed by atoms with Gasteiger partial charge in [-0.1, -0.05) is 25.0 Å². The Bertz CT molecular complexity index is 1170. The zero-order chi connectivity index (χ0) is 22.9. The van der Waals surface area contributed by atoms with Crippen LogP contribution in [0.15, 0.2) is 42.6 Å². The molecule has 1 amide bonds. The fourth-order valence-electron chi connectivity index (χ4n) is 4.90. The summed E-state index contributed by atoms with van der Waals surface area (Å²) in [7, 11) is 4.31. The van der Waals surface area contributed by atoms with Crippen LogP contribution in [0.5, 0.6) is 0 Å². The van der Waals surface area contributed by atoms with Crippen molar-refractivity contribution in [1.29, 1.82) is 0 Å². The molecule has 0 aliphatic heterocycles. The van der Waals surface area contributed by atoms with E-state index < -0.39 is 0 Å². The van der Waals surface area contributed by atoms with Gasteiger partial charge in [0.15, 0.2) is 0 Å². The topological polar surface area (TPSA) is 70.2 Å². The van der Waals surface area contributed by atoms with Crippen molar-refractivity contribution in [2.45, 2.75) is 63.6 Å². The molecule has 2 saturated carbocycles. The first-order chi connectivity index (χ1) is 16.0. The third kappa shape index (κ3) is 4.86. The second kappa shape index (κ2) is 9.10. The number of nitrogens with one attached hydrogen (secondary N) is 2. The third-order valence-corrected chi connectivity index (χ3v) is 7.01. The fourth-order valence-corrected chi connectivity index (χ4v) is 4.90. The molecule has 2 atom stereocenters. The predicted octanol–water partition coefficient (Wildman–Crippen LogP) is 4.78. The maximum Gasteiger partial charge on any atom is 0.251 e. The number of hydrogen-bond donors (Lipinski definition) is 2. The largest absolute Gasteiger partial charge is 0.350 e. The quantitative estimate of drug-likeness (QED) is 0.574. The molecule has 172 valence electrons. The number of anilines is 1. The van der Waals surface area contributed by atoms with Crippen LogP contribution in [0.1, 0.15) is 54.4 Å². The Morgan fingerprint density at radius 2 is 1.85 bits per heavy atom. The van der Waals surface area contributed by atoms with Gasteiger partial charge in [-0.05, 0) is 87.7 Å². The molecular formula is C27H33N5O. The van der Waals surface area contributed by atoms with Gasteiger partial charge >= 0.3 is 0 Å². The molecule has 0 radical (unpaired) electrons. The number of carbonyl (C=O) groups excluding carboxylic acids is 1. The van der Waals surface area contributed by atoms with Gasteiger partial charge in [0.05, 0.1) is 5.52 Å². The molecule has 1 aromatic heterocycles. The van der Waals surface area contributed by atoms with Gasteiger partial charge in [0.2, 0.25) is 5.95 Å². The summed E-state index contributed by atoms with van der Waals surface area (Å²) in [5.74, 6) is 0.709. The highest BCUT2D eigenvalue weighted by atomic mass is 16.1. The van der Waals surface area contributed by atoms with E-state index in [0.717, 1.165) is 46.9 Å². The highest BCUT2D eigenvalue weighted by molar-refractivity contribution is 5.96. The number of aryl methyl sites for hydroxylation is 1. The van der Waals surface area contributed by atoms with Crippen molar-refractivity contribution in [3.63, 3.8) is 0 Å². The van der Waals surface area contributed by atoms with Crippen LogP contribution in [-0.4, -0.2) is 53.0 Å². The van der Waals surface area contributed by atoms with Crippen LogP contribution < -0.4 is 10.6 Å². The standard InChI is InChI=1S/C27H33N5O/c1-17-8-9-19(26(33)29-21-11-12-21)15-22(17)18-10-13-23-20(14-18)16-28-27(30-23)31-24-6-4-5-7-25(24)32(2)3/h8-10,13-16,21,24-25H,4-7,11-12H2,1-3H3,(H,29,33)(H,28,30,31)/t24-,25-/m0/s1. The van der Waals surface area contributed by atoms with E-state index >= 15 is 0 Å². The highest BCUT2D eigenvalue weighted by Gasteiger charge is 2.27. The van der Waals surface area contributed by atoms with E-state index in [2.05, 4.69) is 59.7 Å². The molecule has 1 heterocycles. The maximum atomic E-state index is 12.5. The number of aromatic nitrogens is 2. The molecule has 0 spiro atoms. The summed E-state index contributed by atoms with van der Waals surface area (Å²) in [6.45, 7) is 2.08. The minimum atomic E-state index is 0.0114. The molecular weight excluding hydrogens is 410 g/mol. The molecule has 5 rings (SSSR count). The number of fused-ring (bicyclic) bond motifs is 1. The second-order valence-electron chi connectivity index (χ2n) is 9.81. The minimum Gasteiger partial charge on any atom is -0.350 e. The first-order valence-electron chi connectivity index (χ1n) is 12.1. The summed E-state index contributed by atoms with van der Waals surface area (Å²) in [6.07, 6.45) is 8.96. The van der Waals surface area contributed by atoms with Crippen molar-refractivity contribution in [3.8, 4) is 11.1 Å². The van der Waals surface area contributed by atoms with E-state index in [4.69, 9.17) is 4.98 Å². The van der Waals surface area contributed by atoms with Gasteiger partial charge in [0.25, 0.3) is 5.91 Å². The highest BCUT2D eigenvalue weighted by Crippen LogP contribution is 2.29. The smallest absolute Gasteiger partial charge is 0.251 e. The summed E-state index contributed by atoms with van der Waals surface area (Å²) >= 11 is 0. The van der Waals surface area contributed by atoms with E-state index in [-0.39, 0.29) is 5.91 Å². The Morgan fingerprint density at radius 3 is 2.64 bits per heavy atom. The summed E-state index contributed by atoms with van der Waals surface area (Å²) in [4.78, 5) is 24.3. The molecule has 0 saturated heterocycles. The minimum absolute atomic E-state index is 0.0114. The zero-order valence-electron chi connectivity index (χ0n) is 19.8. The number of nitrogens with zero attached hydrogens (tertiary/aromatic N) is 3. The Labute approximate surface area is 195 Å². The molecule has 6 nitrogen and oxygen atoms in total. The molecule has 2 aromatic carbocycles. The maximum absolute atomic E-state index is 12.5. The van der Waals surface area contributed by atoms with Gasteiger partial charge in [0.1, 0.15) is 0 Å². The average molecular weight is 444 g/mol. The Kier molecular flexibility index (Phi) is 6.02. The molecule has 3 aromatic rings. The Balaban J connectivity index is 1.38. The van der Waals surface area contributed by atoms with E-state index in [1.54, 1.807) is 0 Å². The van der Waals surface area contributed by atoms with Crippen molar-refractivity contribution < 1.29 is 4.79 Å². The van der Waals surface area contributed by atoms with Gasteiger partial charge in [-0.2, -0.15) is 0 Å². The molecule has 2 aliphatic carbocycles. The lowest BCUT2D eigenvalue weighted by Crippen LogP contribution is -2.45. The molecule has 33 heavy (non-hydrogen) atoms. The molecule has 0 bridgehead atoms. The van der Waals surface area contributed by atoms with Crippen molar-refractivity contribution in [2.24, 2.45) is 0 Å². The lowest BCUT2D eigenvalue weighted by molar-refractivity contribution is 0.0951. The van der Waals surface area contributed by atoms with Gasteiger partial charge < -0.3 is 15.5 Å². The molecule has 0 unspecified atom stereocenters. The molecule has 2 fully saturated rings. The predicted molar refractivity (Wildman–Crippen MR) is 134 cm³/mol. The number of likely N-dealkylation sites (N-methyl/N-ethyl adjacent to an activating group) is 1. The van der Waals surface area contributed by atoms with Crippen LogP contribution in [0.3, 0.4) is 0 Å². The van der Waals surface area contributed by atoms with Crippen molar-refractivity contribution in [3.05, 3.63) is 53.7 Å². The van der Waals surface area contributed by atoms with Crippen LogP contribution >= 0.6 is 0 Å². The van der Waals surface area contributed by atoms with Crippen molar-refractivity contribution in [1.82, 2.24) is 20.2 Å². The summed E-state index contributed by atoms with van der Waals surface area (Å²) in [6, 6.07) is 13.4. The van der Waals surface area contributed by atoms with Crippen LogP contribution in [0.25, 0.3) is 22.0 Å².